The van der Waals surface area contributed by atoms with Gasteiger partial charge in [0.1, 0.15) is 0 Å². The van der Waals surface area contributed by atoms with Gasteiger partial charge in [0.25, 0.3) is 0 Å². The molecule has 0 amide bonds. The number of hydrogen-bond donors (Lipinski definition) is 0. The number of anilines is 1. The SMILES string of the molecule is Cc1nnc(N2CCOCC2)c2c(C)n(C)cc12. The Morgan fingerprint density at radius 1 is 1.17 bits per heavy atom. The van der Waals surface area contributed by atoms with Crippen molar-refractivity contribution >= 4 is 16.6 Å². The molecule has 0 aliphatic carbocycles. The summed E-state index contributed by atoms with van der Waals surface area (Å²) in [7, 11) is 2.07. The van der Waals surface area contributed by atoms with Crippen molar-refractivity contribution in [2.24, 2.45) is 7.05 Å². The van der Waals surface area contributed by atoms with E-state index in [4.69, 9.17) is 4.74 Å². The molecule has 1 fully saturated rings. The summed E-state index contributed by atoms with van der Waals surface area (Å²) in [5, 5.41) is 11.1. The second-order valence-electron chi connectivity index (χ2n) is 4.82. The monoisotopic (exact) mass is 246 g/mol. The van der Waals surface area contributed by atoms with Crippen LogP contribution < -0.4 is 4.90 Å². The Morgan fingerprint density at radius 3 is 2.61 bits per heavy atom. The first-order valence-corrected chi connectivity index (χ1v) is 6.30. The van der Waals surface area contributed by atoms with Crippen LogP contribution in [0.15, 0.2) is 6.20 Å². The molecule has 5 heteroatoms. The van der Waals surface area contributed by atoms with Gasteiger partial charge in [0.05, 0.1) is 18.9 Å². The summed E-state index contributed by atoms with van der Waals surface area (Å²) >= 11 is 0. The zero-order valence-corrected chi connectivity index (χ0v) is 11.1. The van der Waals surface area contributed by atoms with Crippen LogP contribution in [0.5, 0.6) is 0 Å². The van der Waals surface area contributed by atoms with Crippen molar-refractivity contribution < 1.29 is 4.74 Å². The molecule has 0 unspecified atom stereocenters. The Bertz CT molecular complexity index is 584. The normalized spacial score (nSPS) is 16.5. The van der Waals surface area contributed by atoms with E-state index in [1.807, 2.05) is 6.92 Å². The molecule has 3 rings (SSSR count). The first-order chi connectivity index (χ1) is 8.68. The van der Waals surface area contributed by atoms with Crippen LogP contribution in [-0.2, 0) is 11.8 Å². The summed E-state index contributed by atoms with van der Waals surface area (Å²) in [6.45, 7) is 7.46. The molecule has 1 aliphatic rings. The quantitative estimate of drug-likeness (QED) is 0.763. The van der Waals surface area contributed by atoms with Crippen LogP contribution in [0.3, 0.4) is 0 Å². The van der Waals surface area contributed by atoms with E-state index >= 15 is 0 Å². The van der Waals surface area contributed by atoms with Gasteiger partial charge in [-0.15, -0.1) is 5.10 Å². The van der Waals surface area contributed by atoms with Gasteiger partial charge >= 0.3 is 0 Å². The van der Waals surface area contributed by atoms with Gasteiger partial charge in [-0.05, 0) is 13.8 Å². The van der Waals surface area contributed by atoms with Gasteiger partial charge in [-0.2, -0.15) is 5.10 Å². The largest absolute Gasteiger partial charge is 0.378 e. The lowest BCUT2D eigenvalue weighted by Crippen LogP contribution is -2.37. The molecule has 0 atom stereocenters. The van der Waals surface area contributed by atoms with Gasteiger partial charge in [-0.1, -0.05) is 0 Å². The zero-order valence-electron chi connectivity index (χ0n) is 11.1. The average Bonchev–Trinajstić information content (AvgIpc) is 2.69. The molecule has 2 aromatic heterocycles. The highest BCUT2D eigenvalue weighted by atomic mass is 16.5. The van der Waals surface area contributed by atoms with Crippen molar-refractivity contribution in [3.63, 3.8) is 0 Å². The van der Waals surface area contributed by atoms with Crippen molar-refractivity contribution in [2.75, 3.05) is 31.2 Å². The lowest BCUT2D eigenvalue weighted by Gasteiger charge is -2.28. The van der Waals surface area contributed by atoms with E-state index in [0.717, 1.165) is 37.8 Å². The van der Waals surface area contributed by atoms with Gasteiger partial charge in [-0.3, -0.25) is 0 Å². The van der Waals surface area contributed by atoms with Gasteiger partial charge in [-0.25, -0.2) is 0 Å². The predicted octanol–water partition coefficient (Wildman–Crippen LogP) is 1.42. The van der Waals surface area contributed by atoms with E-state index in [-0.39, 0.29) is 0 Å². The Morgan fingerprint density at radius 2 is 1.89 bits per heavy atom. The molecular formula is C13H18N4O. The molecule has 18 heavy (non-hydrogen) atoms. The molecule has 96 valence electrons. The highest BCUT2D eigenvalue weighted by Crippen LogP contribution is 2.30. The lowest BCUT2D eigenvalue weighted by atomic mass is 10.2. The van der Waals surface area contributed by atoms with Crippen LogP contribution in [0.1, 0.15) is 11.4 Å². The fourth-order valence-electron chi connectivity index (χ4n) is 2.51. The molecule has 2 aromatic rings. The summed E-state index contributed by atoms with van der Waals surface area (Å²) in [6, 6.07) is 0. The second-order valence-corrected chi connectivity index (χ2v) is 4.82. The van der Waals surface area contributed by atoms with E-state index in [1.165, 1.54) is 16.5 Å². The zero-order chi connectivity index (χ0) is 12.7. The van der Waals surface area contributed by atoms with Gasteiger partial charge in [0.2, 0.25) is 0 Å². The van der Waals surface area contributed by atoms with E-state index < -0.39 is 0 Å². The number of fused-ring (bicyclic) bond motifs is 1. The average molecular weight is 246 g/mol. The van der Waals surface area contributed by atoms with E-state index in [1.54, 1.807) is 0 Å². The third-order valence-corrected chi connectivity index (χ3v) is 3.70. The Kier molecular flexibility index (Phi) is 2.70. The van der Waals surface area contributed by atoms with E-state index in [2.05, 4.69) is 39.8 Å². The van der Waals surface area contributed by atoms with E-state index in [9.17, 15) is 0 Å². The highest BCUT2D eigenvalue weighted by molar-refractivity contribution is 5.96. The molecule has 0 N–H and O–H groups in total. The topological polar surface area (TPSA) is 43.2 Å². The summed E-state index contributed by atoms with van der Waals surface area (Å²) in [4.78, 5) is 2.27. The fraction of sp³-hybridized carbons (Fsp3) is 0.538. The number of ether oxygens (including phenoxy) is 1. The van der Waals surface area contributed by atoms with Crippen molar-refractivity contribution in [3.05, 3.63) is 17.6 Å². The summed E-state index contributed by atoms with van der Waals surface area (Å²) < 4.78 is 7.54. The number of rotatable bonds is 1. The van der Waals surface area contributed by atoms with Crippen LogP contribution >= 0.6 is 0 Å². The van der Waals surface area contributed by atoms with Crippen molar-refractivity contribution in [3.8, 4) is 0 Å². The lowest BCUT2D eigenvalue weighted by molar-refractivity contribution is 0.122. The van der Waals surface area contributed by atoms with E-state index in [0.29, 0.717) is 0 Å². The highest BCUT2D eigenvalue weighted by Gasteiger charge is 2.19. The molecule has 1 aliphatic heterocycles. The number of morpholine rings is 1. The molecule has 0 spiro atoms. The Hall–Kier alpha value is -1.62. The van der Waals surface area contributed by atoms with Crippen LogP contribution in [0, 0.1) is 13.8 Å². The number of hydrogen-bond acceptors (Lipinski definition) is 4. The number of aromatic nitrogens is 3. The van der Waals surface area contributed by atoms with Crippen molar-refractivity contribution in [1.82, 2.24) is 14.8 Å². The van der Waals surface area contributed by atoms with Crippen LogP contribution in [0.25, 0.3) is 10.8 Å². The standard InChI is InChI=1S/C13H18N4O/c1-9-11-8-16(3)10(2)12(11)13(15-14-9)17-4-6-18-7-5-17/h8H,4-7H2,1-3H3. The minimum Gasteiger partial charge on any atom is -0.378 e. The van der Waals surface area contributed by atoms with Crippen LogP contribution in [0.2, 0.25) is 0 Å². The van der Waals surface area contributed by atoms with Crippen LogP contribution in [0.4, 0.5) is 5.82 Å². The molecule has 0 saturated carbocycles. The summed E-state index contributed by atoms with van der Waals surface area (Å²) in [5.74, 6) is 0.997. The second kappa shape index (κ2) is 4.24. The Labute approximate surface area is 106 Å². The van der Waals surface area contributed by atoms with Crippen molar-refractivity contribution in [1.29, 1.82) is 0 Å². The molecule has 5 nitrogen and oxygen atoms in total. The van der Waals surface area contributed by atoms with Gasteiger partial charge < -0.3 is 14.2 Å². The fourth-order valence-corrected chi connectivity index (χ4v) is 2.51. The minimum atomic E-state index is 0.767. The van der Waals surface area contributed by atoms with Gasteiger partial charge in [0, 0.05) is 42.8 Å². The summed E-state index contributed by atoms with van der Waals surface area (Å²) in [6.07, 6.45) is 2.14. The molecule has 1 saturated heterocycles. The van der Waals surface area contributed by atoms with Crippen molar-refractivity contribution in [2.45, 2.75) is 13.8 Å². The molecule has 3 heterocycles. The minimum absolute atomic E-state index is 0.767. The van der Waals surface area contributed by atoms with Crippen LogP contribution in [-0.4, -0.2) is 41.1 Å². The first kappa shape index (κ1) is 11.5. The van der Waals surface area contributed by atoms with Gasteiger partial charge in [0.15, 0.2) is 5.82 Å². The maximum absolute atomic E-state index is 5.40. The number of nitrogens with zero attached hydrogens (tertiary/aromatic N) is 4. The maximum atomic E-state index is 5.40. The Balaban J connectivity index is 2.19. The molecule has 0 radical (unpaired) electrons. The maximum Gasteiger partial charge on any atom is 0.161 e. The third kappa shape index (κ3) is 1.66. The number of aryl methyl sites for hydroxylation is 3. The summed E-state index contributed by atoms with van der Waals surface area (Å²) in [5.41, 5.74) is 2.23. The smallest absolute Gasteiger partial charge is 0.161 e. The third-order valence-electron chi connectivity index (χ3n) is 3.70. The molecular weight excluding hydrogens is 228 g/mol. The first-order valence-electron chi connectivity index (χ1n) is 6.30. The predicted molar refractivity (Wildman–Crippen MR) is 71.0 cm³/mol. The molecule has 0 bridgehead atoms. The molecule has 0 aromatic carbocycles.